The largest absolute Gasteiger partial charge is 0.455 e. The van der Waals surface area contributed by atoms with E-state index in [2.05, 4.69) is 218 Å². The number of furan rings is 1. The second-order valence-corrected chi connectivity index (χ2v) is 16.1. The summed E-state index contributed by atoms with van der Waals surface area (Å²) in [5, 5.41) is 6.95. The quantitative estimate of drug-likeness (QED) is 0.161. The van der Waals surface area contributed by atoms with Crippen LogP contribution in [-0.4, -0.2) is 9.97 Å². The summed E-state index contributed by atoms with van der Waals surface area (Å²) in [4.78, 5) is 10.4. The third-order valence-electron chi connectivity index (χ3n) is 12.3. The number of hydrogen-bond donors (Lipinski definition) is 0. The molecule has 63 heavy (non-hydrogen) atoms. The monoisotopic (exact) mass is 802 g/mol. The highest BCUT2D eigenvalue weighted by atomic mass is 16.3. The van der Waals surface area contributed by atoms with E-state index in [4.69, 9.17) is 14.4 Å². The molecule has 12 aromatic rings. The Morgan fingerprint density at radius 2 is 0.762 bits per heavy atom. The van der Waals surface area contributed by atoms with E-state index in [9.17, 15) is 0 Å². The van der Waals surface area contributed by atoms with Gasteiger partial charge in [-0.15, -0.1) is 0 Å². The van der Waals surface area contributed by atoms with Gasteiger partial charge in [0.05, 0.1) is 11.4 Å². The van der Waals surface area contributed by atoms with Gasteiger partial charge in [0.25, 0.3) is 0 Å². The van der Waals surface area contributed by atoms with Crippen LogP contribution < -0.4 is 0 Å². The Morgan fingerprint density at radius 1 is 0.286 bits per heavy atom. The molecule has 3 heteroatoms. The fourth-order valence-corrected chi connectivity index (χ4v) is 9.17. The Hall–Kier alpha value is -8.40. The molecule has 294 valence electrons. The van der Waals surface area contributed by atoms with Crippen LogP contribution in [0.3, 0.4) is 0 Å². The molecular weight excluding hydrogens is 765 g/mol. The second kappa shape index (κ2) is 15.3. The van der Waals surface area contributed by atoms with E-state index in [0.717, 1.165) is 72.1 Å². The molecule has 0 unspecified atom stereocenters. The van der Waals surface area contributed by atoms with Gasteiger partial charge in [-0.05, 0) is 78.9 Å². The maximum absolute atomic E-state index is 6.76. The first-order valence-corrected chi connectivity index (χ1v) is 21.4. The smallest absolute Gasteiger partial charge is 0.160 e. The summed E-state index contributed by atoms with van der Waals surface area (Å²) in [7, 11) is 0. The van der Waals surface area contributed by atoms with Crippen molar-refractivity contribution in [2.75, 3.05) is 0 Å². The Balaban J connectivity index is 0.969. The summed E-state index contributed by atoms with van der Waals surface area (Å²) in [5.41, 5.74) is 15.8. The van der Waals surface area contributed by atoms with Gasteiger partial charge >= 0.3 is 0 Å². The molecule has 0 fully saturated rings. The van der Waals surface area contributed by atoms with Crippen LogP contribution in [0, 0.1) is 0 Å². The minimum atomic E-state index is 0.683. The number of aromatic nitrogens is 2. The van der Waals surface area contributed by atoms with Crippen LogP contribution in [-0.2, 0) is 0 Å². The summed E-state index contributed by atoms with van der Waals surface area (Å²) in [6.45, 7) is 0. The van der Waals surface area contributed by atoms with Crippen molar-refractivity contribution >= 4 is 43.5 Å². The second-order valence-electron chi connectivity index (χ2n) is 16.1. The Morgan fingerprint density at radius 3 is 1.41 bits per heavy atom. The molecule has 0 saturated heterocycles. The summed E-state index contributed by atoms with van der Waals surface area (Å²) >= 11 is 0. The molecule has 3 nitrogen and oxygen atoms in total. The van der Waals surface area contributed by atoms with Gasteiger partial charge in [-0.3, -0.25) is 0 Å². The van der Waals surface area contributed by atoms with Crippen LogP contribution in [0.25, 0.3) is 122 Å². The van der Waals surface area contributed by atoms with Gasteiger partial charge in [0.1, 0.15) is 11.2 Å². The highest BCUT2D eigenvalue weighted by Gasteiger charge is 2.19. The van der Waals surface area contributed by atoms with Gasteiger partial charge in [0.15, 0.2) is 5.82 Å². The van der Waals surface area contributed by atoms with Crippen molar-refractivity contribution in [3.05, 3.63) is 231 Å². The first kappa shape index (κ1) is 36.5. The minimum absolute atomic E-state index is 0.683. The molecule has 0 spiro atoms. The Bertz CT molecular complexity index is 3520. The van der Waals surface area contributed by atoms with E-state index in [1.54, 1.807) is 0 Å². The van der Waals surface area contributed by atoms with Crippen LogP contribution in [0.4, 0.5) is 0 Å². The van der Waals surface area contributed by atoms with Crippen molar-refractivity contribution in [2.24, 2.45) is 0 Å². The topological polar surface area (TPSA) is 38.9 Å². The van der Waals surface area contributed by atoms with Crippen molar-refractivity contribution in [1.29, 1.82) is 0 Å². The van der Waals surface area contributed by atoms with E-state index in [0.29, 0.717) is 5.82 Å². The number of hydrogen-bond acceptors (Lipinski definition) is 3. The maximum atomic E-state index is 6.76. The molecule has 0 amide bonds. The highest BCUT2D eigenvalue weighted by Crippen LogP contribution is 2.44. The average Bonchev–Trinajstić information content (AvgIpc) is 3.76. The third kappa shape index (κ3) is 6.55. The minimum Gasteiger partial charge on any atom is -0.455 e. The Kier molecular flexibility index (Phi) is 8.83. The molecular formula is C60H38N2O. The number of rotatable bonds is 7. The summed E-state index contributed by atoms with van der Waals surface area (Å²) in [6, 6.07) is 81.6. The molecule has 2 heterocycles. The fraction of sp³-hybridized carbons (Fsp3) is 0. The van der Waals surface area contributed by atoms with E-state index < -0.39 is 0 Å². The van der Waals surface area contributed by atoms with Crippen molar-refractivity contribution in [3.63, 3.8) is 0 Å². The van der Waals surface area contributed by atoms with Gasteiger partial charge in [-0.25, -0.2) is 9.97 Å². The molecule has 0 aliphatic rings. The number of nitrogens with zero attached hydrogens (tertiary/aromatic N) is 2. The molecule has 12 rings (SSSR count). The van der Waals surface area contributed by atoms with E-state index >= 15 is 0 Å². The zero-order valence-corrected chi connectivity index (χ0v) is 34.2. The first-order valence-electron chi connectivity index (χ1n) is 21.4. The normalized spacial score (nSPS) is 11.5. The molecule has 0 N–H and O–H groups in total. The van der Waals surface area contributed by atoms with Crippen LogP contribution >= 0.6 is 0 Å². The SMILES string of the molecule is c1ccc(-c2ccc(-c3cc(-c4ccc(-c5cccc6oc7c8ccccc8c(-c8cccc9ccccc89)cc7c56)cc4)nc(-c4ccc(-c5ccccc5)cc4)n3)cc2)cc1. The summed E-state index contributed by atoms with van der Waals surface area (Å²) < 4.78 is 6.76. The molecule has 0 aliphatic carbocycles. The van der Waals surface area contributed by atoms with Crippen LogP contribution in [0.2, 0.25) is 0 Å². The van der Waals surface area contributed by atoms with Crippen molar-refractivity contribution in [2.45, 2.75) is 0 Å². The predicted octanol–water partition coefficient (Wildman–Crippen LogP) is 16.4. The molecule has 0 saturated carbocycles. The van der Waals surface area contributed by atoms with E-state index in [1.807, 2.05) is 12.1 Å². The lowest BCUT2D eigenvalue weighted by Gasteiger charge is -2.12. The standard InChI is InChI=1S/C60H38N2O/c1-3-13-39(14-4-1)41-25-31-45(32-26-41)55-38-56(62-60(61-55)47-35-27-42(28-36-47)40-15-5-2-6-16-40)46-33-29-44(30-34-46)49-22-12-24-57-58(49)54-37-53(51-20-9-10-21-52(51)59(54)63-57)50-23-11-18-43-17-7-8-19-48(43)50/h1-38H. The van der Waals surface area contributed by atoms with Crippen molar-refractivity contribution < 1.29 is 4.42 Å². The molecule has 2 aromatic heterocycles. The highest BCUT2D eigenvalue weighted by molar-refractivity contribution is 6.23. The van der Waals surface area contributed by atoms with Gasteiger partial charge in [0.2, 0.25) is 0 Å². The van der Waals surface area contributed by atoms with Crippen LogP contribution in [0.15, 0.2) is 235 Å². The summed E-state index contributed by atoms with van der Waals surface area (Å²) in [6.07, 6.45) is 0. The zero-order valence-electron chi connectivity index (χ0n) is 34.2. The van der Waals surface area contributed by atoms with Crippen molar-refractivity contribution in [1.82, 2.24) is 9.97 Å². The molecule has 0 atom stereocenters. The van der Waals surface area contributed by atoms with Crippen molar-refractivity contribution in [3.8, 4) is 78.4 Å². The Labute approximate surface area is 365 Å². The van der Waals surface area contributed by atoms with E-state index in [-0.39, 0.29) is 0 Å². The average molecular weight is 803 g/mol. The maximum Gasteiger partial charge on any atom is 0.160 e. The number of fused-ring (bicyclic) bond motifs is 6. The molecule has 0 radical (unpaired) electrons. The van der Waals surface area contributed by atoms with Gasteiger partial charge < -0.3 is 4.42 Å². The van der Waals surface area contributed by atoms with Crippen LogP contribution in [0.1, 0.15) is 0 Å². The zero-order chi connectivity index (χ0) is 41.7. The van der Waals surface area contributed by atoms with Gasteiger partial charge in [-0.2, -0.15) is 0 Å². The fourth-order valence-electron chi connectivity index (χ4n) is 9.17. The first-order chi connectivity index (χ1) is 31.2. The molecule has 0 aliphatic heterocycles. The van der Waals surface area contributed by atoms with Gasteiger partial charge in [0, 0.05) is 32.8 Å². The van der Waals surface area contributed by atoms with Crippen LogP contribution in [0.5, 0.6) is 0 Å². The molecule has 10 aromatic carbocycles. The van der Waals surface area contributed by atoms with Gasteiger partial charge in [-0.1, -0.05) is 212 Å². The summed E-state index contributed by atoms with van der Waals surface area (Å²) in [5.74, 6) is 0.683. The van der Waals surface area contributed by atoms with E-state index in [1.165, 1.54) is 44.0 Å². The lowest BCUT2D eigenvalue weighted by atomic mass is 9.91. The lowest BCUT2D eigenvalue weighted by molar-refractivity contribution is 0.673. The third-order valence-corrected chi connectivity index (χ3v) is 12.3. The number of benzene rings is 10. The molecule has 0 bridgehead atoms. The predicted molar refractivity (Wildman–Crippen MR) is 262 cm³/mol. The lowest BCUT2D eigenvalue weighted by Crippen LogP contribution is -1.96.